The van der Waals surface area contributed by atoms with Gasteiger partial charge in [0.15, 0.2) is 0 Å². The summed E-state index contributed by atoms with van der Waals surface area (Å²) in [5, 5.41) is 7.12. The zero-order valence-electron chi connectivity index (χ0n) is 9.50. The van der Waals surface area contributed by atoms with Crippen LogP contribution < -0.4 is 0 Å². The van der Waals surface area contributed by atoms with E-state index in [-0.39, 0.29) is 0 Å². The molecule has 0 spiro atoms. The normalized spacial score (nSPS) is 10.3. The number of rotatable bonds is 1. The first-order valence-corrected chi connectivity index (χ1v) is 5.04. The van der Waals surface area contributed by atoms with Crippen LogP contribution in [-0.4, -0.2) is 27.2 Å². The van der Waals surface area contributed by atoms with Crippen LogP contribution in [0, 0.1) is 0 Å². The average Bonchev–Trinajstić information content (AvgIpc) is 2.40. The van der Waals surface area contributed by atoms with Gasteiger partial charge in [0.25, 0.3) is 0 Å². The van der Waals surface area contributed by atoms with Crippen molar-refractivity contribution in [3.05, 3.63) is 48.8 Å². The van der Waals surface area contributed by atoms with E-state index in [4.69, 9.17) is 9.90 Å². The lowest BCUT2D eigenvalue weighted by Gasteiger charge is -1.96. The fourth-order valence-corrected chi connectivity index (χ4v) is 1.03. The molecule has 19 heavy (non-hydrogen) atoms. The van der Waals surface area contributed by atoms with Gasteiger partial charge in [-0.15, -0.1) is 0 Å². The Hall–Kier alpha value is -2.44. The van der Waals surface area contributed by atoms with Crippen LogP contribution in [0.2, 0.25) is 0 Å². The average molecular weight is 270 g/mol. The molecule has 0 aromatic carbocycles. The molecule has 1 N–H and O–H groups in total. The molecule has 2 heterocycles. The molecular weight excluding hydrogens is 261 g/mol. The Kier molecular flexibility index (Phi) is 4.99. The second-order valence-electron chi connectivity index (χ2n) is 3.23. The Labute approximate surface area is 106 Å². The molecule has 0 amide bonds. The number of carboxylic acid groups (broad SMARTS) is 1. The predicted molar refractivity (Wildman–Crippen MR) is 61.2 cm³/mol. The van der Waals surface area contributed by atoms with Crippen LogP contribution in [0.25, 0.3) is 11.4 Å². The molecule has 0 atom stereocenters. The minimum absolute atomic E-state index is 0.915. The summed E-state index contributed by atoms with van der Waals surface area (Å²) in [7, 11) is 0. The van der Waals surface area contributed by atoms with Crippen molar-refractivity contribution in [1.82, 2.24) is 9.97 Å². The van der Waals surface area contributed by atoms with Crippen molar-refractivity contribution in [1.29, 1.82) is 0 Å². The molecule has 0 saturated heterocycles. The van der Waals surface area contributed by atoms with Gasteiger partial charge >= 0.3 is 12.1 Å². The third kappa shape index (κ3) is 5.15. The highest BCUT2D eigenvalue weighted by Gasteiger charge is 2.38. The molecule has 7 heteroatoms. The number of carbonyl (C=O) groups is 1. The fourth-order valence-electron chi connectivity index (χ4n) is 1.03. The van der Waals surface area contributed by atoms with E-state index in [1.54, 1.807) is 12.4 Å². The lowest BCUT2D eigenvalue weighted by atomic mass is 10.2. The third-order valence-corrected chi connectivity index (χ3v) is 1.83. The quantitative estimate of drug-likeness (QED) is 0.865. The van der Waals surface area contributed by atoms with Gasteiger partial charge in [-0.1, -0.05) is 12.1 Å². The minimum atomic E-state index is -5.08. The van der Waals surface area contributed by atoms with E-state index < -0.39 is 12.1 Å². The first-order valence-electron chi connectivity index (χ1n) is 5.04. The van der Waals surface area contributed by atoms with Crippen LogP contribution in [0.15, 0.2) is 48.8 Å². The first-order chi connectivity index (χ1) is 8.91. The molecule has 0 saturated carbocycles. The summed E-state index contributed by atoms with van der Waals surface area (Å²) in [5.74, 6) is -2.76. The Morgan fingerprint density at radius 2 is 1.32 bits per heavy atom. The highest BCUT2D eigenvalue weighted by Crippen LogP contribution is 2.13. The van der Waals surface area contributed by atoms with Crippen molar-refractivity contribution < 1.29 is 23.1 Å². The molecule has 2 rings (SSSR count). The number of carboxylic acids is 1. The van der Waals surface area contributed by atoms with E-state index >= 15 is 0 Å². The minimum Gasteiger partial charge on any atom is -0.475 e. The van der Waals surface area contributed by atoms with Crippen LogP contribution >= 0.6 is 0 Å². The van der Waals surface area contributed by atoms with E-state index in [1.165, 1.54) is 0 Å². The maximum Gasteiger partial charge on any atom is 0.490 e. The molecular formula is C12H9F3N2O2. The largest absolute Gasteiger partial charge is 0.490 e. The van der Waals surface area contributed by atoms with Gasteiger partial charge in [-0.25, -0.2) is 4.79 Å². The number of hydrogen-bond donors (Lipinski definition) is 1. The monoisotopic (exact) mass is 270 g/mol. The van der Waals surface area contributed by atoms with Crippen molar-refractivity contribution in [2.45, 2.75) is 6.18 Å². The maximum absolute atomic E-state index is 10.6. The van der Waals surface area contributed by atoms with Gasteiger partial charge in [-0.05, 0) is 24.3 Å². The zero-order chi connectivity index (χ0) is 14.3. The van der Waals surface area contributed by atoms with Crippen LogP contribution in [0.1, 0.15) is 0 Å². The van der Waals surface area contributed by atoms with Crippen LogP contribution in [0.4, 0.5) is 13.2 Å². The summed E-state index contributed by atoms with van der Waals surface area (Å²) < 4.78 is 31.7. The SMILES string of the molecule is O=C(O)C(F)(F)F.c1ccc(-c2ccccn2)nc1. The number of nitrogens with zero attached hydrogens (tertiary/aromatic N) is 2. The number of aliphatic carboxylic acids is 1. The second-order valence-corrected chi connectivity index (χ2v) is 3.23. The Morgan fingerprint density at radius 1 is 0.947 bits per heavy atom. The van der Waals surface area contributed by atoms with E-state index in [0.29, 0.717) is 0 Å². The number of alkyl halides is 3. The summed E-state index contributed by atoms with van der Waals surface area (Å²) in [6.45, 7) is 0. The second kappa shape index (κ2) is 6.48. The van der Waals surface area contributed by atoms with Crippen molar-refractivity contribution in [3.63, 3.8) is 0 Å². The number of halogens is 3. The molecule has 0 fully saturated rings. The molecule has 4 nitrogen and oxygen atoms in total. The molecule has 100 valence electrons. The van der Waals surface area contributed by atoms with Gasteiger partial charge < -0.3 is 5.11 Å². The van der Waals surface area contributed by atoms with E-state index in [0.717, 1.165) is 11.4 Å². The predicted octanol–water partition coefficient (Wildman–Crippen LogP) is 2.78. The van der Waals surface area contributed by atoms with Gasteiger partial charge in [0.2, 0.25) is 0 Å². The van der Waals surface area contributed by atoms with Gasteiger partial charge in [0.1, 0.15) is 0 Å². The van der Waals surface area contributed by atoms with Crippen molar-refractivity contribution in [3.8, 4) is 11.4 Å². The summed E-state index contributed by atoms with van der Waals surface area (Å²) in [5.41, 5.74) is 1.83. The molecule has 2 aromatic rings. The molecule has 0 aliphatic rings. The van der Waals surface area contributed by atoms with Gasteiger partial charge in [0, 0.05) is 12.4 Å². The highest BCUT2D eigenvalue weighted by molar-refractivity contribution is 5.73. The van der Waals surface area contributed by atoms with Crippen molar-refractivity contribution in [2.24, 2.45) is 0 Å². The summed E-state index contributed by atoms with van der Waals surface area (Å²) >= 11 is 0. The molecule has 0 radical (unpaired) electrons. The molecule has 0 aliphatic heterocycles. The molecule has 0 aliphatic carbocycles. The number of hydrogen-bond acceptors (Lipinski definition) is 3. The summed E-state index contributed by atoms with van der Waals surface area (Å²) in [6, 6.07) is 11.6. The zero-order valence-corrected chi connectivity index (χ0v) is 9.50. The standard InChI is InChI=1S/C10H8N2.C2HF3O2/c1-3-7-11-9(5-1)10-6-2-4-8-12-10;3-2(4,5)1(6)7/h1-8H;(H,6,7). The molecule has 0 bridgehead atoms. The van der Waals surface area contributed by atoms with E-state index in [9.17, 15) is 13.2 Å². The summed E-state index contributed by atoms with van der Waals surface area (Å²) in [4.78, 5) is 17.3. The van der Waals surface area contributed by atoms with Gasteiger partial charge in [0.05, 0.1) is 11.4 Å². The lowest BCUT2D eigenvalue weighted by molar-refractivity contribution is -0.192. The van der Waals surface area contributed by atoms with Crippen molar-refractivity contribution in [2.75, 3.05) is 0 Å². The number of pyridine rings is 2. The Morgan fingerprint density at radius 3 is 1.53 bits per heavy atom. The third-order valence-electron chi connectivity index (χ3n) is 1.83. The van der Waals surface area contributed by atoms with Gasteiger partial charge in [-0.3, -0.25) is 9.97 Å². The topological polar surface area (TPSA) is 63.1 Å². The maximum atomic E-state index is 10.6. The Bertz CT molecular complexity index is 478. The van der Waals surface area contributed by atoms with Crippen LogP contribution in [-0.2, 0) is 4.79 Å². The van der Waals surface area contributed by atoms with E-state index in [2.05, 4.69) is 9.97 Å². The van der Waals surface area contributed by atoms with Crippen LogP contribution in [0.3, 0.4) is 0 Å². The molecule has 0 unspecified atom stereocenters. The van der Waals surface area contributed by atoms with Crippen molar-refractivity contribution >= 4 is 5.97 Å². The summed E-state index contributed by atoms with van der Waals surface area (Å²) in [6.07, 6.45) is -1.55. The Balaban J connectivity index is 0.000000224. The molecule has 2 aromatic heterocycles. The fraction of sp³-hybridized carbons (Fsp3) is 0.0833. The number of aromatic nitrogens is 2. The smallest absolute Gasteiger partial charge is 0.475 e. The van der Waals surface area contributed by atoms with Gasteiger partial charge in [-0.2, -0.15) is 13.2 Å². The highest BCUT2D eigenvalue weighted by atomic mass is 19.4. The first kappa shape index (κ1) is 14.6. The van der Waals surface area contributed by atoms with Crippen LogP contribution in [0.5, 0.6) is 0 Å². The van der Waals surface area contributed by atoms with E-state index in [1.807, 2.05) is 36.4 Å². The lowest BCUT2D eigenvalue weighted by Crippen LogP contribution is -2.21.